The third-order valence-electron chi connectivity index (χ3n) is 4.84. The van der Waals surface area contributed by atoms with Gasteiger partial charge in [0.25, 0.3) is 11.5 Å². The molecule has 182 valence electrons. The third kappa shape index (κ3) is 7.05. The Balaban J connectivity index is 1.62. The van der Waals surface area contributed by atoms with Gasteiger partial charge in [-0.25, -0.2) is 14.6 Å². The number of fused-ring (bicyclic) bond motifs is 1. The van der Waals surface area contributed by atoms with Crippen LogP contribution < -0.4 is 27.7 Å². The monoisotopic (exact) mass is 480 g/mol. The Bertz CT molecular complexity index is 1320. The van der Waals surface area contributed by atoms with E-state index in [2.05, 4.69) is 15.6 Å². The van der Waals surface area contributed by atoms with Crippen LogP contribution in [0.1, 0.15) is 21.5 Å². The number of aromatic nitrogens is 1. The Morgan fingerprint density at radius 3 is 2.49 bits per heavy atom. The molecule has 35 heavy (non-hydrogen) atoms. The van der Waals surface area contributed by atoms with Crippen molar-refractivity contribution in [2.24, 2.45) is 16.5 Å². The molecule has 7 N–H and O–H groups in total. The number of amides is 2. The van der Waals surface area contributed by atoms with E-state index in [4.69, 9.17) is 16.2 Å². The van der Waals surface area contributed by atoms with E-state index in [1.807, 2.05) is 6.07 Å². The predicted molar refractivity (Wildman–Crippen MR) is 127 cm³/mol. The first-order valence-corrected chi connectivity index (χ1v) is 10.4. The van der Waals surface area contributed by atoms with Crippen LogP contribution in [0.2, 0.25) is 0 Å². The summed E-state index contributed by atoms with van der Waals surface area (Å²) in [7, 11) is 0. The molecule has 12 nitrogen and oxygen atoms in total. The molecule has 1 atom stereocenters. The summed E-state index contributed by atoms with van der Waals surface area (Å²) in [5.41, 5.74) is 12.0. The lowest BCUT2D eigenvalue weighted by molar-refractivity contribution is -0.139. The van der Waals surface area contributed by atoms with E-state index in [9.17, 15) is 24.3 Å². The molecule has 0 aliphatic carbocycles. The molecule has 2 amide bonds. The van der Waals surface area contributed by atoms with Crippen molar-refractivity contribution in [3.8, 4) is 0 Å². The lowest BCUT2D eigenvalue weighted by Gasteiger charge is -2.15. The minimum absolute atomic E-state index is 0.0303. The van der Waals surface area contributed by atoms with E-state index in [0.717, 1.165) is 11.6 Å². The number of hydrogen-bond acceptors (Lipinski definition) is 6. The summed E-state index contributed by atoms with van der Waals surface area (Å²) in [6.45, 7) is -0.282. The first kappa shape index (κ1) is 24.8. The highest BCUT2D eigenvalue weighted by Crippen LogP contribution is 2.08. The van der Waals surface area contributed by atoms with E-state index in [0.29, 0.717) is 11.1 Å². The number of carboxylic acid groups (broad SMARTS) is 1. The largest absolute Gasteiger partial charge is 0.480 e. The zero-order valence-corrected chi connectivity index (χ0v) is 18.5. The molecule has 3 rings (SSSR count). The van der Waals surface area contributed by atoms with Crippen molar-refractivity contribution in [1.29, 1.82) is 0 Å². The number of carboxylic acids is 1. The van der Waals surface area contributed by atoms with Gasteiger partial charge in [0.05, 0.1) is 6.54 Å². The van der Waals surface area contributed by atoms with Crippen LogP contribution in [0.15, 0.2) is 70.6 Å². The van der Waals surface area contributed by atoms with Gasteiger partial charge in [0.15, 0.2) is 5.96 Å². The molecule has 0 spiro atoms. The molecular formula is C23H24N6O6. The average Bonchev–Trinajstić information content (AvgIpc) is 2.84. The number of hydrogen-bond donors (Lipinski definition) is 5. The Morgan fingerprint density at radius 2 is 1.80 bits per heavy atom. The van der Waals surface area contributed by atoms with Crippen LogP contribution in [-0.4, -0.2) is 46.0 Å². The lowest BCUT2D eigenvalue weighted by Crippen LogP contribution is -2.48. The van der Waals surface area contributed by atoms with Crippen LogP contribution in [0.25, 0.3) is 5.52 Å². The van der Waals surface area contributed by atoms with Gasteiger partial charge in [-0.1, -0.05) is 36.4 Å². The van der Waals surface area contributed by atoms with Gasteiger partial charge in [0, 0.05) is 29.9 Å². The smallest absolute Gasteiger partial charge is 0.408 e. The Kier molecular flexibility index (Phi) is 8.01. The molecule has 0 saturated carbocycles. The predicted octanol–water partition coefficient (Wildman–Crippen LogP) is 0.182. The van der Waals surface area contributed by atoms with Crippen molar-refractivity contribution in [3.63, 3.8) is 0 Å². The number of alkyl carbamates (subject to hydrolysis) is 1. The maximum atomic E-state index is 12.6. The highest BCUT2D eigenvalue weighted by atomic mass is 16.5. The molecule has 12 heteroatoms. The number of pyridine rings is 2. The van der Waals surface area contributed by atoms with Crippen LogP contribution in [0.3, 0.4) is 0 Å². The number of nitrogens with zero attached hydrogens (tertiary/aromatic N) is 2. The van der Waals surface area contributed by atoms with Gasteiger partial charge in [-0.3, -0.25) is 14.0 Å². The van der Waals surface area contributed by atoms with Crippen molar-refractivity contribution in [2.45, 2.75) is 19.2 Å². The SMILES string of the molecule is NC(N)=NCc1ccc2cc(C(=O)NC[C@H](NC(=O)OCc3ccccc3)C(=O)O)cc(=O)n2c1. The summed E-state index contributed by atoms with van der Waals surface area (Å²) >= 11 is 0. The fourth-order valence-electron chi connectivity index (χ4n) is 3.08. The second kappa shape index (κ2) is 11.3. The number of benzene rings is 1. The van der Waals surface area contributed by atoms with Gasteiger partial charge in [-0.15, -0.1) is 0 Å². The maximum absolute atomic E-state index is 12.6. The molecular weight excluding hydrogens is 456 g/mol. The number of carbonyl (C=O) groups excluding carboxylic acids is 2. The highest BCUT2D eigenvalue weighted by Gasteiger charge is 2.22. The number of aliphatic carboxylic acids is 1. The van der Waals surface area contributed by atoms with Gasteiger partial charge in [0.2, 0.25) is 0 Å². The van der Waals surface area contributed by atoms with Gasteiger partial charge in [-0.2, -0.15) is 0 Å². The molecule has 0 radical (unpaired) electrons. The van der Waals surface area contributed by atoms with Gasteiger partial charge >= 0.3 is 12.1 Å². The van der Waals surface area contributed by atoms with Crippen LogP contribution in [0.4, 0.5) is 4.79 Å². The Morgan fingerprint density at radius 1 is 1.06 bits per heavy atom. The minimum atomic E-state index is -1.44. The highest BCUT2D eigenvalue weighted by molar-refractivity contribution is 5.95. The number of ether oxygens (including phenoxy) is 1. The summed E-state index contributed by atoms with van der Waals surface area (Å²) in [5.74, 6) is -2.13. The van der Waals surface area contributed by atoms with Crippen molar-refractivity contribution in [2.75, 3.05) is 6.54 Å². The summed E-state index contributed by atoms with van der Waals surface area (Å²) in [5, 5.41) is 14.0. The molecule has 0 aliphatic rings. The van der Waals surface area contributed by atoms with E-state index < -0.39 is 36.1 Å². The van der Waals surface area contributed by atoms with E-state index in [-0.39, 0.29) is 24.7 Å². The number of nitrogens with one attached hydrogen (secondary N) is 2. The molecule has 0 bridgehead atoms. The standard InChI is InChI=1S/C23H24N6O6/c24-22(25)27-10-15-6-7-17-8-16(9-19(30)29(17)12-15)20(31)26-11-18(21(32)33)28-23(34)35-13-14-4-2-1-3-5-14/h1-9,12,18H,10-11,13H2,(H,26,31)(H,28,34)(H,32,33)(H4,24,25,27)/t18-/m0/s1. The maximum Gasteiger partial charge on any atom is 0.408 e. The summed E-state index contributed by atoms with van der Waals surface area (Å²) in [4.78, 5) is 52.4. The number of aliphatic imine (C=N–C) groups is 1. The topological polar surface area (TPSA) is 191 Å². The molecule has 0 fully saturated rings. The van der Waals surface area contributed by atoms with Gasteiger partial charge in [0.1, 0.15) is 12.6 Å². The molecule has 3 aromatic rings. The summed E-state index contributed by atoms with van der Waals surface area (Å²) < 4.78 is 6.34. The van der Waals surface area contributed by atoms with Gasteiger partial charge < -0.3 is 31.9 Å². The first-order valence-electron chi connectivity index (χ1n) is 10.4. The number of guanidine groups is 1. The van der Waals surface area contributed by atoms with Crippen molar-refractivity contribution < 1.29 is 24.2 Å². The fraction of sp³-hybridized carbons (Fsp3) is 0.174. The minimum Gasteiger partial charge on any atom is -0.480 e. The first-order chi connectivity index (χ1) is 16.7. The molecule has 1 aromatic carbocycles. The van der Waals surface area contributed by atoms with E-state index in [1.165, 1.54) is 10.5 Å². The van der Waals surface area contributed by atoms with Crippen LogP contribution in [0.5, 0.6) is 0 Å². The quantitative estimate of drug-likeness (QED) is 0.212. The van der Waals surface area contributed by atoms with Crippen molar-refractivity contribution in [3.05, 3.63) is 87.8 Å². The zero-order chi connectivity index (χ0) is 25.4. The lowest BCUT2D eigenvalue weighted by atomic mass is 10.2. The number of nitrogens with two attached hydrogens (primary N) is 2. The van der Waals surface area contributed by atoms with Crippen molar-refractivity contribution >= 4 is 29.4 Å². The number of rotatable bonds is 9. The van der Waals surface area contributed by atoms with E-state index >= 15 is 0 Å². The molecule has 2 aromatic heterocycles. The van der Waals surface area contributed by atoms with Crippen LogP contribution in [0, 0.1) is 0 Å². The van der Waals surface area contributed by atoms with Gasteiger partial charge in [-0.05, 0) is 23.3 Å². The zero-order valence-electron chi connectivity index (χ0n) is 18.5. The summed E-state index contributed by atoms with van der Waals surface area (Å²) in [6, 6.07) is 13.3. The van der Waals surface area contributed by atoms with Crippen molar-refractivity contribution in [1.82, 2.24) is 15.0 Å². The van der Waals surface area contributed by atoms with E-state index in [1.54, 1.807) is 42.6 Å². The second-order valence-corrected chi connectivity index (χ2v) is 7.46. The normalized spacial score (nSPS) is 11.3. The number of carbonyl (C=O) groups is 3. The molecule has 0 unspecified atom stereocenters. The Labute approximate surface area is 199 Å². The average molecular weight is 480 g/mol. The summed E-state index contributed by atoms with van der Waals surface area (Å²) in [6.07, 6.45) is 0.605. The molecule has 2 heterocycles. The second-order valence-electron chi connectivity index (χ2n) is 7.46. The third-order valence-corrected chi connectivity index (χ3v) is 4.84. The molecule has 0 aliphatic heterocycles. The Hall–Kier alpha value is -4.87. The van der Waals surface area contributed by atoms with Crippen LogP contribution >= 0.6 is 0 Å². The fourth-order valence-corrected chi connectivity index (χ4v) is 3.08. The van der Waals surface area contributed by atoms with Crippen LogP contribution in [-0.2, 0) is 22.7 Å². The molecule has 0 saturated heterocycles.